The Morgan fingerprint density at radius 1 is 1.09 bits per heavy atom. The van der Waals surface area contributed by atoms with Crippen molar-refractivity contribution in [2.45, 2.75) is 0 Å². The normalized spacial score (nSPS) is 10.6. The van der Waals surface area contributed by atoms with Crippen LogP contribution in [-0.4, -0.2) is 16.0 Å². The van der Waals surface area contributed by atoms with Crippen LogP contribution in [0.2, 0.25) is 0 Å². The number of halogens is 1. The summed E-state index contributed by atoms with van der Waals surface area (Å²) in [7, 11) is 0. The molecule has 1 heterocycles. The molecule has 0 spiro atoms. The maximum Gasteiger partial charge on any atom is 0.265 e. The molecule has 110 valence electrons. The van der Waals surface area contributed by atoms with E-state index in [0.29, 0.717) is 16.6 Å². The van der Waals surface area contributed by atoms with Crippen molar-refractivity contribution in [2.75, 3.05) is 5.32 Å². The summed E-state index contributed by atoms with van der Waals surface area (Å²) in [5, 5.41) is 13.0. The Morgan fingerprint density at radius 2 is 1.77 bits per heavy atom. The predicted molar refractivity (Wildman–Crippen MR) is 80.6 cm³/mol. The van der Waals surface area contributed by atoms with Crippen LogP contribution in [0.4, 0.5) is 10.1 Å². The van der Waals surface area contributed by atoms with Gasteiger partial charge < -0.3 is 15.4 Å². The Labute approximate surface area is 124 Å². The summed E-state index contributed by atoms with van der Waals surface area (Å²) in [4.78, 5) is 26.7. The number of amides is 1. The highest BCUT2D eigenvalue weighted by Gasteiger charge is 2.19. The van der Waals surface area contributed by atoms with E-state index in [2.05, 4.69) is 10.3 Å². The Bertz CT molecular complexity index is 917. The quantitative estimate of drug-likeness (QED) is 0.680. The van der Waals surface area contributed by atoms with Gasteiger partial charge in [0, 0.05) is 11.1 Å². The number of hydrogen-bond donors (Lipinski definition) is 3. The second kappa shape index (κ2) is 5.33. The molecule has 3 N–H and O–H groups in total. The second-order valence-electron chi connectivity index (χ2n) is 4.68. The van der Waals surface area contributed by atoms with Gasteiger partial charge in [0.1, 0.15) is 17.1 Å². The summed E-state index contributed by atoms with van der Waals surface area (Å²) in [6.45, 7) is 0. The van der Waals surface area contributed by atoms with Gasteiger partial charge in [0.15, 0.2) is 0 Å². The van der Waals surface area contributed by atoms with Crippen LogP contribution in [0.25, 0.3) is 10.9 Å². The number of aromatic nitrogens is 1. The van der Waals surface area contributed by atoms with Crippen LogP contribution in [0.1, 0.15) is 10.4 Å². The fourth-order valence-corrected chi connectivity index (χ4v) is 2.16. The summed E-state index contributed by atoms with van der Waals surface area (Å²) in [6.07, 6.45) is 0. The lowest BCUT2D eigenvalue weighted by molar-refractivity contribution is 0.102. The van der Waals surface area contributed by atoms with Gasteiger partial charge in [0.25, 0.3) is 11.5 Å². The average Bonchev–Trinajstić information content (AvgIpc) is 2.49. The van der Waals surface area contributed by atoms with Crippen LogP contribution in [-0.2, 0) is 0 Å². The van der Waals surface area contributed by atoms with Crippen molar-refractivity contribution in [3.8, 4) is 5.75 Å². The zero-order valence-electron chi connectivity index (χ0n) is 11.3. The molecular weight excluding hydrogens is 287 g/mol. The van der Waals surface area contributed by atoms with E-state index in [4.69, 9.17) is 0 Å². The first-order chi connectivity index (χ1) is 10.6. The number of benzene rings is 2. The topological polar surface area (TPSA) is 82.2 Å². The van der Waals surface area contributed by atoms with Crippen molar-refractivity contribution >= 4 is 22.5 Å². The summed E-state index contributed by atoms with van der Waals surface area (Å²) >= 11 is 0. The van der Waals surface area contributed by atoms with Crippen LogP contribution < -0.4 is 10.9 Å². The van der Waals surface area contributed by atoms with Crippen LogP contribution in [0.15, 0.2) is 53.3 Å². The van der Waals surface area contributed by atoms with Crippen molar-refractivity contribution in [1.82, 2.24) is 4.98 Å². The van der Waals surface area contributed by atoms with Crippen LogP contribution in [0.3, 0.4) is 0 Å². The van der Waals surface area contributed by atoms with Crippen molar-refractivity contribution in [1.29, 1.82) is 0 Å². The first kappa shape index (κ1) is 13.8. The number of rotatable bonds is 2. The van der Waals surface area contributed by atoms with Gasteiger partial charge in [-0.2, -0.15) is 0 Å². The van der Waals surface area contributed by atoms with E-state index >= 15 is 0 Å². The van der Waals surface area contributed by atoms with Gasteiger partial charge in [0.05, 0.1) is 5.52 Å². The van der Waals surface area contributed by atoms with Gasteiger partial charge in [-0.05, 0) is 36.4 Å². The highest BCUT2D eigenvalue weighted by atomic mass is 19.1. The molecule has 0 fully saturated rings. The lowest BCUT2D eigenvalue weighted by Crippen LogP contribution is -2.23. The molecule has 0 aliphatic heterocycles. The number of anilines is 1. The van der Waals surface area contributed by atoms with E-state index < -0.39 is 17.3 Å². The van der Waals surface area contributed by atoms with Crippen molar-refractivity contribution in [3.05, 3.63) is 70.3 Å². The number of carbonyl (C=O) groups is 1. The van der Waals surface area contributed by atoms with Gasteiger partial charge in [-0.3, -0.25) is 9.59 Å². The third kappa shape index (κ3) is 2.42. The lowest BCUT2D eigenvalue weighted by Gasteiger charge is -2.08. The summed E-state index contributed by atoms with van der Waals surface area (Å²) in [5.74, 6) is -1.60. The number of pyridine rings is 1. The molecule has 3 aromatic rings. The van der Waals surface area contributed by atoms with E-state index in [1.165, 1.54) is 24.3 Å². The number of H-pyrrole nitrogens is 1. The zero-order valence-corrected chi connectivity index (χ0v) is 11.3. The molecule has 3 rings (SSSR count). The molecular formula is C16H11FN2O3. The van der Waals surface area contributed by atoms with Gasteiger partial charge >= 0.3 is 0 Å². The first-order valence-electron chi connectivity index (χ1n) is 6.47. The lowest BCUT2D eigenvalue weighted by atomic mass is 10.1. The number of aromatic amines is 1. The van der Waals surface area contributed by atoms with E-state index in [0.717, 1.165) is 0 Å². The maximum atomic E-state index is 12.8. The summed E-state index contributed by atoms with van der Waals surface area (Å²) in [6, 6.07) is 11.7. The Balaban J connectivity index is 2.04. The molecule has 6 heteroatoms. The fraction of sp³-hybridized carbons (Fsp3) is 0. The molecule has 0 bridgehead atoms. The predicted octanol–water partition coefficient (Wildman–Crippen LogP) is 2.63. The van der Waals surface area contributed by atoms with Gasteiger partial charge in [0.2, 0.25) is 0 Å². The minimum atomic E-state index is -0.767. The summed E-state index contributed by atoms with van der Waals surface area (Å²) in [5.41, 5.74) is -0.333. The second-order valence-corrected chi connectivity index (χ2v) is 4.68. The monoisotopic (exact) mass is 298 g/mol. The number of hydrogen-bond acceptors (Lipinski definition) is 3. The number of aromatic hydroxyl groups is 1. The molecule has 2 aromatic carbocycles. The van der Waals surface area contributed by atoms with Crippen molar-refractivity contribution < 1.29 is 14.3 Å². The molecule has 0 atom stereocenters. The third-order valence-electron chi connectivity index (χ3n) is 3.22. The molecule has 22 heavy (non-hydrogen) atoms. The number of fused-ring (bicyclic) bond motifs is 1. The van der Waals surface area contributed by atoms with Crippen LogP contribution in [0, 0.1) is 5.82 Å². The number of nitrogens with one attached hydrogen (secondary N) is 2. The van der Waals surface area contributed by atoms with E-state index in [-0.39, 0.29) is 11.3 Å². The Hall–Kier alpha value is -3.15. The maximum absolute atomic E-state index is 12.8. The Morgan fingerprint density at radius 3 is 2.50 bits per heavy atom. The molecule has 5 nitrogen and oxygen atoms in total. The van der Waals surface area contributed by atoms with E-state index in [1.807, 2.05) is 0 Å². The molecule has 0 radical (unpaired) electrons. The Kier molecular flexibility index (Phi) is 3.34. The molecule has 1 aromatic heterocycles. The first-order valence-corrected chi connectivity index (χ1v) is 6.47. The average molecular weight is 298 g/mol. The van der Waals surface area contributed by atoms with Gasteiger partial charge in [-0.25, -0.2) is 4.39 Å². The number of carbonyl (C=O) groups excluding carboxylic acids is 1. The standard InChI is InChI=1S/C16H11FN2O3/c17-9-5-7-10(8-6-9)18-15(21)13-14(20)11-3-1-2-4-12(11)19-16(13)22/h1-8H,(H,18,21)(H2,19,20,22). The molecule has 0 saturated heterocycles. The molecule has 0 aliphatic rings. The minimum Gasteiger partial charge on any atom is -0.506 e. The van der Waals surface area contributed by atoms with Crippen molar-refractivity contribution in [2.24, 2.45) is 0 Å². The molecule has 0 saturated carbocycles. The molecule has 0 aliphatic carbocycles. The van der Waals surface area contributed by atoms with E-state index in [1.54, 1.807) is 24.3 Å². The van der Waals surface area contributed by atoms with E-state index in [9.17, 15) is 19.1 Å². The third-order valence-corrected chi connectivity index (χ3v) is 3.22. The summed E-state index contributed by atoms with van der Waals surface area (Å²) < 4.78 is 12.8. The highest BCUT2D eigenvalue weighted by Crippen LogP contribution is 2.25. The fourth-order valence-electron chi connectivity index (χ4n) is 2.16. The minimum absolute atomic E-state index is 0.318. The van der Waals surface area contributed by atoms with Crippen LogP contribution >= 0.6 is 0 Å². The molecule has 1 amide bonds. The van der Waals surface area contributed by atoms with Crippen molar-refractivity contribution in [3.63, 3.8) is 0 Å². The zero-order chi connectivity index (χ0) is 15.7. The van der Waals surface area contributed by atoms with Gasteiger partial charge in [-0.15, -0.1) is 0 Å². The molecule has 0 unspecified atom stereocenters. The number of para-hydroxylation sites is 1. The highest BCUT2D eigenvalue weighted by molar-refractivity contribution is 6.08. The SMILES string of the molecule is O=C(Nc1ccc(F)cc1)c1c(O)c2ccccc2[nH]c1=O. The smallest absolute Gasteiger partial charge is 0.265 e. The van der Waals surface area contributed by atoms with Crippen LogP contribution in [0.5, 0.6) is 5.75 Å². The largest absolute Gasteiger partial charge is 0.506 e. The van der Waals surface area contributed by atoms with Gasteiger partial charge in [-0.1, -0.05) is 12.1 Å².